The number of hydrogen-bond donors (Lipinski definition) is 0. The summed E-state index contributed by atoms with van der Waals surface area (Å²) in [7, 11) is 1.91. The van der Waals surface area contributed by atoms with Gasteiger partial charge in [0.05, 0.1) is 10.6 Å². The van der Waals surface area contributed by atoms with Crippen LogP contribution < -0.4 is 0 Å². The molecular weight excluding hydrogens is 350 g/mol. The topological polar surface area (TPSA) is 102 Å². The SMILES string of the molecule is Cc1nn(C)cc1CN1CCN(C(=O)C(C)n2cc([N+](=O)[O-])c(C)n2)CC1. The van der Waals surface area contributed by atoms with Crippen LogP contribution in [0.3, 0.4) is 0 Å². The van der Waals surface area contributed by atoms with Gasteiger partial charge >= 0.3 is 5.69 Å². The molecule has 1 atom stereocenters. The standard InChI is InChI=1S/C17H25N7O3/c1-12-15(9-20(4)18-12)10-21-5-7-22(8-6-21)17(25)14(3)23-11-16(24(26)27)13(2)19-23/h9,11,14H,5-8,10H2,1-4H3. The number of rotatable bonds is 5. The molecule has 3 heterocycles. The van der Waals surface area contributed by atoms with Gasteiger partial charge in [-0.15, -0.1) is 0 Å². The molecule has 3 rings (SSSR count). The number of nitrogens with zero attached hydrogens (tertiary/aromatic N) is 7. The summed E-state index contributed by atoms with van der Waals surface area (Å²) in [6, 6.07) is -0.565. The molecule has 0 saturated carbocycles. The second-order valence-electron chi connectivity index (χ2n) is 7.03. The van der Waals surface area contributed by atoms with E-state index in [0.717, 1.165) is 25.3 Å². The fourth-order valence-electron chi connectivity index (χ4n) is 3.40. The Labute approximate surface area is 157 Å². The minimum atomic E-state index is -0.565. The minimum Gasteiger partial charge on any atom is -0.338 e. The number of hydrogen-bond acceptors (Lipinski definition) is 6. The number of nitro groups is 1. The highest BCUT2D eigenvalue weighted by atomic mass is 16.6. The Morgan fingerprint density at radius 3 is 2.37 bits per heavy atom. The van der Waals surface area contributed by atoms with Gasteiger partial charge in [0, 0.05) is 51.5 Å². The van der Waals surface area contributed by atoms with Crippen molar-refractivity contribution in [2.24, 2.45) is 7.05 Å². The summed E-state index contributed by atoms with van der Waals surface area (Å²) in [5.41, 5.74) is 2.48. The summed E-state index contributed by atoms with van der Waals surface area (Å²) in [6.45, 7) is 8.95. The Hall–Kier alpha value is -2.75. The molecule has 10 heteroatoms. The minimum absolute atomic E-state index is 0.0636. The lowest BCUT2D eigenvalue weighted by Gasteiger charge is -2.35. The molecule has 0 spiro atoms. The van der Waals surface area contributed by atoms with Crippen LogP contribution in [0.2, 0.25) is 0 Å². The van der Waals surface area contributed by atoms with Gasteiger partial charge in [-0.2, -0.15) is 10.2 Å². The van der Waals surface area contributed by atoms with Crippen LogP contribution >= 0.6 is 0 Å². The molecule has 1 fully saturated rings. The zero-order chi connectivity index (χ0) is 19.7. The first-order valence-corrected chi connectivity index (χ1v) is 8.96. The summed E-state index contributed by atoms with van der Waals surface area (Å²) in [5, 5.41) is 19.5. The van der Waals surface area contributed by atoms with Crippen molar-refractivity contribution in [3.05, 3.63) is 39.5 Å². The first-order valence-electron chi connectivity index (χ1n) is 8.96. The normalized spacial score (nSPS) is 16.5. The fourth-order valence-corrected chi connectivity index (χ4v) is 3.40. The van der Waals surface area contributed by atoms with E-state index in [1.807, 2.05) is 24.9 Å². The average Bonchev–Trinajstić information content (AvgIpc) is 3.16. The van der Waals surface area contributed by atoms with Gasteiger partial charge in [0.15, 0.2) is 0 Å². The van der Waals surface area contributed by atoms with Crippen LogP contribution in [0.4, 0.5) is 5.69 Å². The summed E-state index contributed by atoms with van der Waals surface area (Å²) >= 11 is 0. The Kier molecular flexibility index (Phi) is 5.26. The van der Waals surface area contributed by atoms with Gasteiger partial charge < -0.3 is 4.90 Å². The van der Waals surface area contributed by atoms with Gasteiger partial charge in [-0.05, 0) is 20.8 Å². The lowest BCUT2D eigenvalue weighted by Crippen LogP contribution is -2.50. The van der Waals surface area contributed by atoms with Gasteiger partial charge in [-0.1, -0.05) is 0 Å². The van der Waals surface area contributed by atoms with Crippen LogP contribution in [0, 0.1) is 24.0 Å². The number of amides is 1. The molecule has 0 radical (unpaired) electrons. The van der Waals surface area contributed by atoms with Gasteiger partial charge in [-0.25, -0.2) is 0 Å². The van der Waals surface area contributed by atoms with Crippen LogP contribution in [0.5, 0.6) is 0 Å². The summed E-state index contributed by atoms with van der Waals surface area (Å²) in [5.74, 6) is -0.0652. The molecule has 1 unspecified atom stereocenters. The maximum Gasteiger partial charge on any atom is 0.309 e. The largest absolute Gasteiger partial charge is 0.338 e. The second kappa shape index (κ2) is 7.47. The number of carbonyl (C=O) groups is 1. The van der Waals surface area contributed by atoms with E-state index in [-0.39, 0.29) is 11.6 Å². The Morgan fingerprint density at radius 1 is 1.19 bits per heavy atom. The smallest absolute Gasteiger partial charge is 0.309 e. The van der Waals surface area contributed by atoms with Gasteiger partial charge in [0.25, 0.3) is 0 Å². The van der Waals surface area contributed by atoms with Gasteiger partial charge in [0.1, 0.15) is 17.9 Å². The van der Waals surface area contributed by atoms with Gasteiger partial charge in [0.2, 0.25) is 5.91 Å². The second-order valence-corrected chi connectivity index (χ2v) is 7.03. The van der Waals surface area contributed by atoms with Crippen molar-refractivity contribution >= 4 is 11.6 Å². The molecule has 0 aromatic carbocycles. The van der Waals surface area contributed by atoms with Crippen molar-refractivity contribution in [2.45, 2.75) is 33.4 Å². The molecule has 2 aromatic rings. The third-order valence-electron chi connectivity index (χ3n) is 5.03. The van der Waals surface area contributed by atoms with Crippen LogP contribution in [-0.4, -0.2) is 66.4 Å². The van der Waals surface area contributed by atoms with E-state index in [0.29, 0.717) is 18.8 Å². The molecule has 27 heavy (non-hydrogen) atoms. The van der Waals surface area contributed by atoms with E-state index < -0.39 is 11.0 Å². The van der Waals surface area contributed by atoms with Crippen molar-refractivity contribution in [1.29, 1.82) is 0 Å². The zero-order valence-corrected chi connectivity index (χ0v) is 16.1. The lowest BCUT2D eigenvalue weighted by molar-refractivity contribution is -0.385. The van der Waals surface area contributed by atoms with E-state index in [1.165, 1.54) is 16.4 Å². The quantitative estimate of drug-likeness (QED) is 0.572. The highest BCUT2D eigenvalue weighted by Crippen LogP contribution is 2.20. The Morgan fingerprint density at radius 2 is 1.85 bits per heavy atom. The van der Waals surface area contributed by atoms with Gasteiger partial charge in [-0.3, -0.25) is 29.2 Å². The molecule has 1 aliphatic rings. The fraction of sp³-hybridized carbons (Fsp3) is 0.588. The summed E-state index contributed by atoms with van der Waals surface area (Å²) < 4.78 is 3.21. The number of piperazine rings is 1. The first kappa shape index (κ1) is 19.0. The summed E-state index contributed by atoms with van der Waals surface area (Å²) in [4.78, 5) is 27.4. The van der Waals surface area contributed by atoms with E-state index in [4.69, 9.17) is 0 Å². The van der Waals surface area contributed by atoms with E-state index in [2.05, 4.69) is 15.1 Å². The summed E-state index contributed by atoms with van der Waals surface area (Å²) in [6.07, 6.45) is 3.36. The van der Waals surface area contributed by atoms with Crippen molar-refractivity contribution in [2.75, 3.05) is 26.2 Å². The number of carbonyl (C=O) groups excluding carboxylic acids is 1. The molecular formula is C17H25N7O3. The van der Waals surface area contributed by atoms with Crippen LogP contribution in [-0.2, 0) is 18.4 Å². The van der Waals surface area contributed by atoms with Crippen LogP contribution in [0.15, 0.2) is 12.4 Å². The Bertz CT molecular complexity index is 849. The molecule has 0 N–H and O–H groups in total. The predicted molar refractivity (Wildman–Crippen MR) is 98.1 cm³/mol. The molecule has 0 aliphatic carbocycles. The first-order chi connectivity index (χ1) is 12.8. The molecule has 1 aliphatic heterocycles. The van der Waals surface area contributed by atoms with E-state index in [1.54, 1.807) is 18.7 Å². The molecule has 1 saturated heterocycles. The molecule has 0 bridgehead atoms. The van der Waals surface area contributed by atoms with Crippen molar-refractivity contribution < 1.29 is 9.72 Å². The maximum absolute atomic E-state index is 12.8. The molecule has 2 aromatic heterocycles. The lowest BCUT2D eigenvalue weighted by atomic mass is 10.2. The number of aryl methyl sites for hydroxylation is 3. The highest BCUT2D eigenvalue weighted by Gasteiger charge is 2.28. The highest BCUT2D eigenvalue weighted by molar-refractivity contribution is 5.80. The average molecular weight is 375 g/mol. The van der Waals surface area contributed by atoms with Crippen molar-refractivity contribution in [3.8, 4) is 0 Å². The van der Waals surface area contributed by atoms with E-state index >= 15 is 0 Å². The third-order valence-corrected chi connectivity index (χ3v) is 5.03. The maximum atomic E-state index is 12.8. The van der Waals surface area contributed by atoms with Crippen LogP contribution in [0.25, 0.3) is 0 Å². The van der Waals surface area contributed by atoms with E-state index in [9.17, 15) is 14.9 Å². The third kappa shape index (κ3) is 4.00. The van der Waals surface area contributed by atoms with Crippen molar-refractivity contribution in [3.63, 3.8) is 0 Å². The predicted octanol–water partition coefficient (Wildman–Crippen LogP) is 1.05. The molecule has 1 amide bonds. The van der Waals surface area contributed by atoms with Crippen LogP contribution in [0.1, 0.15) is 29.9 Å². The monoisotopic (exact) mass is 375 g/mol. The number of aromatic nitrogens is 4. The zero-order valence-electron chi connectivity index (χ0n) is 16.1. The van der Waals surface area contributed by atoms with Crippen molar-refractivity contribution in [1.82, 2.24) is 29.4 Å². The Balaban J connectivity index is 1.58. The molecule has 10 nitrogen and oxygen atoms in total. The molecule has 146 valence electrons.